The Kier molecular flexibility index (Phi) is 1.31. The molecule has 1 unspecified atom stereocenters. The lowest BCUT2D eigenvalue weighted by molar-refractivity contribution is -0.123. The first-order valence-corrected chi connectivity index (χ1v) is 4.83. The first-order chi connectivity index (χ1) is 5.88. The fraction of sp³-hybridized carbons (Fsp3) is 0.800. The average Bonchev–Trinajstić information content (AvgIpc) is 2.46. The van der Waals surface area contributed by atoms with E-state index in [2.05, 4.69) is 0 Å². The van der Waals surface area contributed by atoms with Crippen molar-refractivity contribution in [3.8, 4) is 0 Å². The summed E-state index contributed by atoms with van der Waals surface area (Å²) in [5.41, 5.74) is 1.66. The van der Waals surface area contributed by atoms with Crippen molar-refractivity contribution in [2.24, 2.45) is 5.92 Å². The van der Waals surface area contributed by atoms with Crippen LogP contribution in [0.25, 0.3) is 0 Å². The first-order valence-electron chi connectivity index (χ1n) is 4.83. The highest BCUT2D eigenvalue weighted by atomic mass is 16.5. The van der Waals surface area contributed by atoms with E-state index in [0.29, 0.717) is 5.92 Å². The number of fused-ring (bicyclic) bond motifs is 1. The van der Waals surface area contributed by atoms with Gasteiger partial charge in [-0.05, 0) is 31.3 Å². The van der Waals surface area contributed by atoms with Crippen molar-refractivity contribution >= 4 is 0 Å². The summed E-state index contributed by atoms with van der Waals surface area (Å²) in [5, 5.41) is 0. The molecule has 2 nitrogen and oxygen atoms in total. The van der Waals surface area contributed by atoms with E-state index >= 15 is 0 Å². The highest BCUT2D eigenvalue weighted by Gasteiger charge is 2.45. The maximum absolute atomic E-state index is 5.87. The van der Waals surface area contributed by atoms with Crippen LogP contribution in [0.15, 0.2) is 11.8 Å². The number of hydrogen-bond donors (Lipinski definition) is 0. The van der Waals surface area contributed by atoms with Crippen molar-refractivity contribution in [2.75, 3.05) is 13.2 Å². The lowest BCUT2D eigenvalue weighted by Crippen LogP contribution is -2.46. The summed E-state index contributed by atoms with van der Waals surface area (Å²) in [6.07, 6.45) is 7.01. The van der Waals surface area contributed by atoms with Crippen molar-refractivity contribution in [3.63, 3.8) is 0 Å². The van der Waals surface area contributed by atoms with Crippen molar-refractivity contribution < 1.29 is 9.47 Å². The van der Waals surface area contributed by atoms with E-state index < -0.39 is 0 Å². The van der Waals surface area contributed by atoms with E-state index in [1.807, 2.05) is 6.26 Å². The second kappa shape index (κ2) is 2.25. The molecule has 1 aliphatic carbocycles. The Morgan fingerprint density at radius 1 is 1.42 bits per heavy atom. The zero-order valence-electron chi connectivity index (χ0n) is 7.21. The SMILES string of the molecule is C1=C2COC3(CCC3)CC2CO1. The summed E-state index contributed by atoms with van der Waals surface area (Å²) in [5.74, 6) is 0.680. The Morgan fingerprint density at radius 3 is 3.08 bits per heavy atom. The third-order valence-electron chi connectivity index (χ3n) is 3.48. The van der Waals surface area contributed by atoms with Crippen molar-refractivity contribution in [1.82, 2.24) is 0 Å². The van der Waals surface area contributed by atoms with Gasteiger partial charge in [0.1, 0.15) is 0 Å². The molecule has 2 aliphatic heterocycles. The molecule has 66 valence electrons. The monoisotopic (exact) mass is 166 g/mol. The molecule has 12 heavy (non-hydrogen) atoms. The summed E-state index contributed by atoms with van der Waals surface area (Å²) in [7, 11) is 0. The van der Waals surface area contributed by atoms with Crippen molar-refractivity contribution in [1.29, 1.82) is 0 Å². The standard InChI is InChI=1S/C10H14O2/c1-2-10(3-1)4-8-5-11-6-9(8)7-12-10/h6,8H,1-5,7H2. The van der Waals surface area contributed by atoms with Crippen LogP contribution in [-0.2, 0) is 9.47 Å². The van der Waals surface area contributed by atoms with E-state index in [0.717, 1.165) is 13.2 Å². The molecule has 0 N–H and O–H groups in total. The summed E-state index contributed by atoms with van der Waals surface area (Å²) in [4.78, 5) is 0. The van der Waals surface area contributed by atoms with Crippen LogP contribution in [0.1, 0.15) is 25.7 Å². The number of rotatable bonds is 0. The highest BCUT2D eigenvalue weighted by molar-refractivity contribution is 5.15. The molecule has 2 heteroatoms. The van der Waals surface area contributed by atoms with Gasteiger partial charge in [0.15, 0.2) is 0 Å². The Morgan fingerprint density at radius 2 is 2.33 bits per heavy atom. The van der Waals surface area contributed by atoms with E-state index in [1.165, 1.54) is 31.3 Å². The van der Waals surface area contributed by atoms with Gasteiger partial charge < -0.3 is 9.47 Å². The van der Waals surface area contributed by atoms with Gasteiger partial charge in [-0.15, -0.1) is 0 Å². The number of ether oxygens (including phenoxy) is 2. The van der Waals surface area contributed by atoms with Crippen LogP contribution >= 0.6 is 0 Å². The molecule has 1 saturated carbocycles. The molecular weight excluding hydrogens is 152 g/mol. The van der Waals surface area contributed by atoms with Gasteiger partial charge >= 0.3 is 0 Å². The molecule has 0 aromatic heterocycles. The van der Waals surface area contributed by atoms with Crippen molar-refractivity contribution in [3.05, 3.63) is 11.8 Å². The minimum atomic E-state index is 0.274. The molecule has 0 aromatic rings. The Bertz CT molecular complexity index is 228. The topological polar surface area (TPSA) is 18.5 Å². The third kappa shape index (κ3) is 0.845. The van der Waals surface area contributed by atoms with Gasteiger partial charge in [-0.25, -0.2) is 0 Å². The quantitative estimate of drug-likeness (QED) is 0.547. The minimum Gasteiger partial charge on any atom is -0.501 e. The maximum Gasteiger partial charge on any atom is 0.0941 e. The van der Waals surface area contributed by atoms with Gasteiger partial charge in [-0.1, -0.05) is 0 Å². The Balaban J connectivity index is 1.78. The molecule has 2 fully saturated rings. The lowest BCUT2D eigenvalue weighted by Gasteiger charge is -2.46. The Labute approximate surface area is 72.5 Å². The largest absolute Gasteiger partial charge is 0.501 e. The minimum absolute atomic E-state index is 0.274. The first kappa shape index (κ1) is 6.96. The molecule has 1 saturated heterocycles. The molecule has 2 heterocycles. The van der Waals surface area contributed by atoms with Crippen LogP contribution in [0, 0.1) is 5.92 Å². The molecule has 1 spiro atoms. The van der Waals surface area contributed by atoms with Crippen LogP contribution in [-0.4, -0.2) is 18.8 Å². The van der Waals surface area contributed by atoms with Crippen LogP contribution in [0.2, 0.25) is 0 Å². The molecule has 3 rings (SSSR count). The summed E-state index contributed by atoms with van der Waals surface area (Å²) in [6, 6.07) is 0. The highest BCUT2D eigenvalue weighted by Crippen LogP contribution is 2.46. The van der Waals surface area contributed by atoms with E-state index in [-0.39, 0.29) is 5.60 Å². The molecular formula is C10H14O2. The normalized spacial score (nSPS) is 36.7. The Hall–Kier alpha value is -0.500. The maximum atomic E-state index is 5.87. The summed E-state index contributed by atoms with van der Waals surface area (Å²) >= 11 is 0. The van der Waals surface area contributed by atoms with Gasteiger partial charge in [0.25, 0.3) is 0 Å². The van der Waals surface area contributed by atoms with Crippen LogP contribution < -0.4 is 0 Å². The summed E-state index contributed by atoms with van der Waals surface area (Å²) in [6.45, 7) is 1.73. The van der Waals surface area contributed by atoms with Gasteiger partial charge in [0.2, 0.25) is 0 Å². The van der Waals surface area contributed by atoms with Gasteiger partial charge in [0.05, 0.1) is 25.1 Å². The predicted molar refractivity (Wildman–Crippen MR) is 44.7 cm³/mol. The molecule has 3 aliphatic rings. The zero-order chi connectivity index (χ0) is 8.02. The third-order valence-corrected chi connectivity index (χ3v) is 3.48. The van der Waals surface area contributed by atoms with Crippen LogP contribution in [0.4, 0.5) is 0 Å². The van der Waals surface area contributed by atoms with Gasteiger partial charge in [-0.3, -0.25) is 0 Å². The molecule has 0 amide bonds. The zero-order valence-corrected chi connectivity index (χ0v) is 7.21. The van der Waals surface area contributed by atoms with Gasteiger partial charge in [-0.2, -0.15) is 0 Å². The smallest absolute Gasteiger partial charge is 0.0941 e. The van der Waals surface area contributed by atoms with E-state index in [4.69, 9.17) is 9.47 Å². The lowest BCUT2D eigenvalue weighted by atomic mass is 9.71. The van der Waals surface area contributed by atoms with Gasteiger partial charge in [0, 0.05) is 5.92 Å². The molecule has 0 bridgehead atoms. The fourth-order valence-corrected chi connectivity index (χ4v) is 2.48. The van der Waals surface area contributed by atoms with Crippen molar-refractivity contribution in [2.45, 2.75) is 31.3 Å². The van der Waals surface area contributed by atoms with Crippen LogP contribution in [0.3, 0.4) is 0 Å². The fourth-order valence-electron chi connectivity index (χ4n) is 2.48. The summed E-state index contributed by atoms with van der Waals surface area (Å²) < 4.78 is 11.2. The van der Waals surface area contributed by atoms with Crippen LogP contribution in [0.5, 0.6) is 0 Å². The molecule has 0 aromatic carbocycles. The molecule has 1 atom stereocenters. The molecule has 0 radical (unpaired) electrons. The number of hydrogen-bond acceptors (Lipinski definition) is 2. The predicted octanol–water partition coefficient (Wildman–Crippen LogP) is 1.86. The second-order valence-electron chi connectivity index (χ2n) is 4.25. The second-order valence-corrected chi connectivity index (χ2v) is 4.25. The van der Waals surface area contributed by atoms with E-state index in [1.54, 1.807) is 0 Å². The van der Waals surface area contributed by atoms with E-state index in [9.17, 15) is 0 Å². The average molecular weight is 166 g/mol.